The number of anilines is 1. The van der Waals surface area contributed by atoms with Crippen LogP contribution in [-0.2, 0) is 11.2 Å². The molecule has 2 aromatic carbocycles. The van der Waals surface area contributed by atoms with E-state index < -0.39 is 0 Å². The minimum atomic E-state index is -0.0325. The molecule has 2 heterocycles. The topological polar surface area (TPSA) is 55.6 Å². The zero-order chi connectivity index (χ0) is 19.3. The molecular weight excluding hydrogens is 370 g/mol. The van der Waals surface area contributed by atoms with Gasteiger partial charge >= 0.3 is 0 Å². The lowest BCUT2D eigenvalue weighted by Gasteiger charge is -2.11. The number of rotatable bonds is 7. The van der Waals surface area contributed by atoms with Gasteiger partial charge in [0.25, 0.3) is 0 Å². The average Bonchev–Trinajstić information content (AvgIpc) is 3.30. The van der Waals surface area contributed by atoms with Crippen LogP contribution < -0.4 is 10.1 Å². The first-order valence-electron chi connectivity index (χ1n) is 9.27. The number of amides is 1. The fraction of sp³-hybridized carbons (Fsp3) is 0.182. The fourth-order valence-corrected chi connectivity index (χ4v) is 3.97. The van der Waals surface area contributed by atoms with Crippen molar-refractivity contribution in [2.24, 2.45) is 0 Å². The Hall–Kier alpha value is -3.12. The Labute approximate surface area is 167 Å². The summed E-state index contributed by atoms with van der Waals surface area (Å²) in [7, 11) is 0. The van der Waals surface area contributed by atoms with Gasteiger partial charge in [0.2, 0.25) is 5.91 Å². The first-order chi connectivity index (χ1) is 13.7. The molecule has 0 aliphatic heterocycles. The van der Waals surface area contributed by atoms with Crippen molar-refractivity contribution in [2.45, 2.75) is 19.8 Å². The number of carbonyl (C=O) groups is 1. The third-order valence-corrected chi connectivity index (χ3v) is 5.31. The maximum Gasteiger partial charge on any atom is 0.224 e. The van der Waals surface area contributed by atoms with Crippen LogP contribution in [0, 0.1) is 0 Å². The number of thiazole rings is 1. The number of aryl methyl sites for hydroxylation is 1. The molecule has 0 unspecified atom stereocenters. The first-order valence-corrected chi connectivity index (χ1v) is 10.1. The standard InChI is InChI=1S/C22H21N3O2S/c1-2-27-20-11-7-6-10-18(20)23-21(26)13-12-17-15-28-22-24-19(14-25(17)22)16-8-4-3-5-9-16/h3-11,14-15H,2,12-13H2,1H3,(H,23,26). The normalized spacial score (nSPS) is 10.9. The molecule has 5 nitrogen and oxygen atoms in total. The highest BCUT2D eigenvalue weighted by Gasteiger charge is 2.12. The van der Waals surface area contributed by atoms with E-state index in [9.17, 15) is 4.79 Å². The van der Waals surface area contributed by atoms with Gasteiger partial charge in [0.15, 0.2) is 4.96 Å². The SMILES string of the molecule is CCOc1ccccc1NC(=O)CCc1csc2nc(-c3ccccc3)cn12. The maximum atomic E-state index is 12.4. The van der Waals surface area contributed by atoms with Gasteiger partial charge in [-0.3, -0.25) is 9.20 Å². The highest BCUT2D eigenvalue weighted by Crippen LogP contribution is 2.25. The molecule has 0 bridgehead atoms. The zero-order valence-electron chi connectivity index (χ0n) is 15.6. The van der Waals surface area contributed by atoms with Crippen molar-refractivity contribution in [3.63, 3.8) is 0 Å². The van der Waals surface area contributed by atoms with Crippen molar-refractivity contribution in [1.29, 1.82) is 0 Å². The summed E-state index contributed by atoms with van der Waals surface area (Å²) < 4.78 is 7.64. The molecule has 0 radical (unpaired) electrons. The first kappa shape index (κ1) is 18.3. The maximum absolute atomic E-state index is 12.4. The number of para-hydroxylation sites is 2. The van der Waals surface area contributed by atoms with Crippen LogP contribution in [0.4, 0.5) is 5.69 Å². The van der Waals surface area contributed by atoms with Crippen molar-refractivity contribution < 1.29 is 9.53 Å². The molecule has 6 heteroatoms. The van der Waals surface area contributed by atoms with Gasteiger partial charge in [0, 0.05) is 29.3 Å². The molecule has 1 N–H and O–H groups in total. The number of imidazole rings is 1. The van der Waals surface area contributed by atoms with Crippen LogP contribution in [0.25, 0.3) is 16.2 Å². The van der Waals surface area contributed by atoms with E-state index in [0.29, 0.717) is 30.9 Å². The Balaban J connectivity index is 1.44. The Morgan fingerprint density at radius 3 is 2.75 bits per heavy atom. The molecule has 142 valence electrons. The average molecular weight is 391 g/mol. The Morgan fingerprint density at radius 2 is 1.93 bits per heavy atom. The predicted octanol–water partition coefficient (Wildman–Crippen LogP) is 5.03. The van der Waals surface area contributed by atoms with Gasteiger partial charge in [-0.25, -0.2) is 4.98 Å². The lowest BCUT2D eigenvalue weighted by Crippen LogP contribution is -2.13. The quantitative estimate of drug-likeness (QED) is 0.481. The van der Waals surface area contributed by atoms with E-state index in [0.717, 1.165) is 21.9 Å². The predicted molar refractivity (Wildman–Crippen MR) is 113 cm³/mol. The number of nitrogens with one attached hydrogen (secondary N) is 1. The summed E-state index contributed by atoms with van der Waals surface area (Å²) in [6.45, 7) is 2.49. The fourth-order valence-electron chi connectivity index (χ4n) is 3.06. The van der Waals surface area contributed by atoms with E-state index in [1.54, 1.807) is 11.3 Å². The minimum Gasteiger partial charge on any atom is -0.492 e. The second-order valence-corrected chi connectivity index (χ2v) is 7.19. The van der Waals surface area contributed by atoms with E-state index >= 15 is 0 Å². The lowest BCUT2D eigenvalue weighted by molar-refractivity contribution is -0.116. The Morgan fingerprint density at radius 1 is 1.14 bits per heavy atom. The summed E-state index contributed by atoms with van der Waals surface area (Å²) in [5, 5.41) is 5.02. The number of nitrogens with zero attached hydrogens (tertiary/aromatic N) is 2. The molecule has 0 aliphatic rings. The zero-order valence-corrected chi connectivity index (χ0v) is 16.4. The Bertz CT molecular complexity index is 1090. The van der Waals surface area contributed by atoms with Crippen LogP contribution in [0.1, 0.15) is 19.0 Å². The molecule has 4 aromatic rings. The molecule has 28 heavy (non-hydrogen) atoms. The molecule has 0 atom stereocenters. The Kier molecular flexibility index (Phi) is 5.39. The van der Waals surface area contributed by atoms with Gasteiger partial charge in [-0.2, -0.15) is 0 Å². The minimum absolute atomic E-state index is 0.0325. The number of aromatic nitrogens is 2. The molecule has 0 saturated heterocycles. The summed E-state index contributed by atoms with van der Waals surface area (Å²) >= 11 is 1.59. The number of hydrogen-bond acceptors (Lipinski definition) is 4. The molecule has 0 aliphatic carbocycles. The van der Waals surface area contributed by atoms with Crippen LogP contribution in [0.3, 0.4) is 0 Å². The van der Waals surface area contributed by atoms with E-state index in [-0.39, 0.29) is 5.91 Å². The molecule has 1 amide bonds. The van der Waals surface area contributed by atoms with Crippen molar-refractivity contribution in [2.75, 3.05) is 11.9 Å². The molecule has 0 saturated carbocycles. The van der Waals surface area contributed by atoms with Gasteiger partial charge in [-0.15, -0.1) is 11.3 Å². The van der Waals surface area contributed by atoms with E-state index in [1.165, 1.54) is 0 Å². The van der Waals surface area contributed by atoms with Gasteiger partial charge in [-0.05, 0) is 25.5 Å². The second kappa shape index (κ2) is 8.27. The molecular formula is C22H21N3O2S. The number of benzene rings is 2. The summed E-state index contributed by atoms with van der Waals surface area (Å²) in [4.78, 5) is 18.1. The van der Waals surface area contributed by atoms with E-state index in [2.05, 4.69) is 27.2 Å². The monoisotopic (exact) mass is 391 g/mol. The second-order valence-electron chi connectivity index (χ2n) is 6.35. The van der Waals surface area contributed by atoms with Crippen molar-refractivity contribution in [3.8, 4) is 17.0 Å². The molecule has 0 fully saturated rings. The van der Waals surface area contributed by atoms with Gasteiger partial charge < -0.3 is 10.1 Å². The van der Waals surface area contributed by atoms with Crippen LogP contribution in [0.2, 0.25) is 0 Å². The van der Waals surface area contributed by atoms with Crippen molar-refractivity contribution in [3.05, 3.63) is 71.9 Å². The summed E-state index contributed by atoms with van der Waals surface area (Å²) in [5.74, 6) is 0.660. The lowest BCUT2D eigenvalue weighted by atomic mass is 10.2. The van der Waals surface area contributed by atoms with Gasteiger partial charge in [-0.1, -0.05) is 42.5 Å². The number of hydrogen-bond donors (Lipinski definition) is 1. The summed E-state index contributed by atoms with van der Waals surface area (Å²) in [6, 6.07) is 17.6. The van der Waals surface area contributed by atoms with Crippen molar-refractivity contribution in [1.82, 2.24) is 9.38 Å². The molecule has 0 spiro atoms. The third kappa shape index (κ3) is 3.92. The molecule has 4 rings (SSSR count). The number of fused-ring (bicyclic) bond motifs is 1. The van der Waals surface area contributed by atoms with E-state index in [4.69, 9.17) is 9.72 Å². The van der Waals surface area contributed by atoms with Crippen LogP contribution in [0.5, 0.6) is 5.75 Å². The third-order valence-electron chi connectivity index (χ3n) is 4.42. The van der Waals surface area contributed by atoms with Gasteiger partial charge in [0.1, 0.15) is 5.75 Å². The van der Waals surface area contributed by atoms with Crippen molar-refractivity contribution >= 4 is 27.9 Å². The summed E-state index contributed by atoms with van der Waals surface area (Å²) in [6.07, 6.45) is 3.08. The van der Waals surface area contributed by atoms with Crippen LogP contribution >= 0.6 is 11.3 Å². The number of ether oxygens (including phenoxy) is 1. The largest absolute Gasteiger partial charge is 0.492 e. The van der Waals surface area contributed by atoms with Gasteiger partial charge in [0.05, 0.1) is 18.0 Å². The number of carbonyl (C=O) groups excluding carboxylic acids is 1. The highest BCUT2D eigenvalue weighted by molar-refractivity contribution is 7.15. The van der Waals surface area contributed by atoms with Crippen LogP contribution in [-0.4, -0.2) is 21.9 Å². The highest BCUT2D eigenvalue weighted by atomic mass is 32.1. The van der Waals surface area contributed by atoms with E-state index in [1.807, 2.05) is 55.6 Å². The molecule has 2 aromatic heterocycles. The van der Waals surface area contributed by atoms with Crippen LogP contribution in [0.15, 0.2) is 66.2 Å². The summed E-state index contributed by atoms with van der Waals surface area (Å²) in [5.41, 5.74) is 3.83. The smallest absolute Gasteiger partial charge is 0.224 e.